The summed E-state index contributed by atoms with van der Waals surface area (Å²) in [7, 11) is 1.62. The van der Waals surface area contributed by atoms with Crippen molar-refractivity contribution in [3.05, 3.63) is 66.2 Å². The molecular weight excluding hydrogens is 276 g/mol. The topological polar surface area (TPSA) is 41.6 Å². The van der Waals surface area contributed by atoms with Gasteiger partial charge in [-0.3, -0.25) is 4.79 Å². The zero-order valence-corrected chi connectivity index (χ0v) is 12.9. The zero-order valence-electron chi connectivity index (χ0n) is 12.9. The summed E-state index contributed by atoms with van der Waals surface area (Å²) >= 11 is 0. The maximum Gasteiger partial charge on any atom is 0.239 e. The summed E-state index contributed by atoms with van der Waals surface area (Å²) in [5.41, 5.74) is 2.21. The quantitative estimate of drug-likeness (QED) is 0.761. The lowest BCUT2D eigenvalue weighted by molar-refractivity contribution is -0.120. The van der Waals surface area contributed by atoms with Crippen molar-refractivity contribution in [2.24, 2.45) is 0 Å². The van der Waals surface area contributed by atoms with E-state index in [1.807, 2.05) is 48.5 Å². The Balaban J connectivity index is 2.04. The Morgan fingerprint density at radius 2 is 1.68 bits per heavy atom. The van der Waals surface area contributed by atoms with Crippen molar-refractivity contribution in [2.45, 2.75) is 6.54 Å². The number of benzene rings is 2. The minimum atomic E-state index is -0.00293. The Kier molecular flexibility index (Phi) is 6.45. The smallest absolute Gasteiger partial charge is 0.239 e. The number of para-hydroxylation sites is 1. The molecule has 0 aliphatic carbocycles. The molecule has 0 saturated heterocycles. The summed E-state index contributed by atoms with van der Waals surface area (Å²) in [5, 5.41) is 2.86. The second-order valence-electron chi connectivity index (χ2n) is 5.02. The maximum atomic E-state index is 12.1. The second kappa shape index (κ2) is 8.85. The number of rotatable bonds is 8. The lowest BCUT2D eigenvalue weighted by Gasteiger charge is -2.24. The van der Waals surface area contributed by atoms with E-state index in [4.69, 9.17) is 4.74 Å². The van der Waals surface area contributed by atoms with Gasteiger partial charge in [0, 0.05) is 25.9 Å². The molecule has 0 saturated carbocycles. The molecule has 0 fully saturated rings. The molecule has 0 aliphatic heterocycles. The number of anilines is 1. The number of carbonyl (C=O) groups excluding carboxylic acids is 1. The molecule has 1 N–H and O–H groups in total. The fraction of sp³-hybridized carbons (Fsp3) is 0.278. The molecule has 0 atom stereocenters. The van der Waals surface area contributed by atoms with Crippen LogP contribution in [0, 0.1) is 0 Å². The zero-order chi connectivity index (χ0) is 15.6. The van der Waals surface area contributed by atoms with Crippen LogP contribution in [-0.2, 0) is 16.1 Å². The molecule has 2 rings (SSSR count). The number of carbonyl (C=O) groups is 1. The Hall–Kier alpha value is -2.33. The SMILES string of the molecule is COCCNC(=O)CN(Cc1ccccc1)c1ccccc1. The number of nitrogens with one attached hydrogen (secondary N) is 1. The van der Waals surface area contributed by atoms with Crippen LogP contribution in [0.1, 0.15) is 5.56 Å². The molecule has 2 aromatic carbocycles. The van der Waals surface area contributed by atoms with Crippen molar-refractivity contribution < 1.29 is 9.53 Å². The van der Waals surface area contributed by atoms with E-state index in [0.29, 0.717) is 26.2 Å². The number of amides is 1. The molecule has 0 radical (unpaired) electrons. The van der Waals surface area contributed by atoms with Gasteiger partial charge in [0.15, 0.2) is 0 Å². The van der Waals surface area contributed by atoms with E-state index in [1.165, 1.54) is 5.56 Å². The highest BCUT2D eigenvalue weighted by Crippen LogP contribution is 2.16. The molecule has 4 nitrogen and oxygen atoms in total. The monoisotopic (exact) mass is 298 g/mol. The standard InChI is InChI=1S/C18H22N2O2/c1-22-13-12-19-18(21)15-20(17-10-6-3-7-11-17)14-16-8-4-2-5-9-16/h2-11H,12-15H2,1H3,(H,19,21). The molecular formula is C18H22N2O2. The van der Waals surface area contributed by atoms with Gasteiger partial charge < -0.3 is 15.0 Å². The average molecular weight is 298 g/mol. The first-order valence-electron chi connectivity index (χ1n) is 7.39. The van der Waals surface area contributed by atoms with E-state index in [9.17, 15) is 4.79 Å². The Labute approximate surface area is 131 Å². The highest BCUT2D eigenvalue weighted by atomic mass is 16.5. The van der Waals surface area contributed by atoms with Crippen molar-refractivity contribution >= 4 is 11.6 Å². The molecule has 0 unspecified atom stereocenters. The van der Waals surface area contributed by atoms with E-state index in [0.717, 1.165) is 5.69 Å². The van der Waals surface area contributed by atoms with Gasteiger partial charge in [-0.15, -0.1) is 0 Å². The van der Waals surface area contributed by atoms with Crippen LogP contribution in [0.15, 0.2) is 60.7 Å². The molecule has 0 aliphatic rings. The van der Waals surface area contributed by atoms with Crippen LogP contribution in [-0.4, -0.2) is 32.7 Å². The highest BCUT2D eigenvalue weighted by Gasteiger charge is 2.11. The van der Waals surface area contributed by atoms with E-state index >= 15 is 0 Å². The maximum absolute atomic E-state index is 12.1. The van der Waals surface area contributed by atoms with Gasteiger partial charge in [0.1, 0.15) is 0 Å². The summed E-state index contributed by atoms with van der Waals surface area (Å²) in [6.07, 6.45) is 0. The first kappa shape index (κ1) is 16.0. The van der Waals surface area contributed by atoms with Gasteiger partial charge in [-0.25, -0.2) is 0 Å². The molecule has 0 spiro atoms. The van der Waals surface area contributed by atoms with E-state index in [-0.39, 0.29) is 5.91 Å². The fourth-order valence-corrected chi connectivity index (χ4v) is 2.20. The van der Waals surface area contributed by atoms with Crippen molar-refractivity contribution in [3.8, 4) is 0 Å². The first-order chi connectivity index (χ1) is 10.8. The molecule has 4 heteroatoms. The normalized spacial score (nSPS) is 10.2. The van der Waals surface area contributed by atoms with Crippen molar-refractivity contribution in [1.82, 2.24) is 5.32 Å². The van der Waals surface area contributed by atoms with Gasteiger partial charge in [0.2, 0.25) is 5.91 Å². The van der Waals surface area contributed by atoms with Crippen LogP contribution < -0.4 is 10.2 Å². The van der Waals surface area contributed by atoms with Crippen LogP contribution in [0.3, 0.4) is 0 Å². The summed E-state index contributed by atoms with van der Waals surface area (Å²) in [5.74, 6) is -0.00293. The van der Waals surface area contributed by atoms with Crippen LogP contribution in [0.2, 0.25) is 0 Å². The van der Waals surface area contributed by atoms with E-state index in [2.05, 4.69) is 22.3 Å². The molecule has 0 aromatic heterocycles. The molecule has 0 bridgehead atoms. The second-order valence-corrected chi connectivity index (χ2v) is 5.02. The van der Waals surface area contributed by atoms with Gasteiger partial charge in [0.05, 0.1) is 13.2 Å². The van der Waals surface area contributed by atoms with E-state index < -0.39 is 0 Å². The predicted molar refractivity (Wildman–Crippen MR) is 88.8 cm³/mol. The summed E-state index contributed by atoms with van der Waals surface area (Å²) in [4.78, 5) is 14.2. The van der Waals surface area contributed by atoms with Crippen LogP contribution in [0.5, 0.6) is 0 Å². The predicted octanol–water partition coefficient (Wildman–Crippen LogP) is 2.46. The lowest BCUT2D eigenvalue weighted by Crippen LogP contribution is -2.38. The minimum Gasteiger partial charge on any atom is -0.383 e. The third-order valence-electron chi connectivity index (χ3n) is 3.30. The lowest BCUT2D eigenvalue weighted by atomic mass is 10.2. The van der Waals surface area contributed by atoms with Gasteiger partial charge >= 0.3 is 0 Å². The van der Waals surface area contributed by atoms with Crippen molar-refractivity contribution in [2.75, 3.05) is 31.7 Å². The fourth-order valence-electron chi connectivity index (χ4n) is 2.20. The Bertz CT molecular complexity index is 558. The summed E-state index contributed by atoms with van der Waals surface area (Å²) in [6.45, 7) is 2.07. The van der Waals surface area contributed by atoms with Gasteiger partial charge in [-0.1, -0.05) is 48.5 Å². The van der Waals surface area contributed by atoms with Gasteiger partial charge in [-0.05, 0) is 17.7 Å². The minimum absolute atomic E-state index is 0.00293. The molecule has 116 valence electrons. The number of ether oxygens (including phenoxy) is 1. The van der Waals surface area contributed by atoms with Crippen LogP contribution in [0.25, 0.3) is 0 Å². The number of hydrogen-bond donors (Lipinski definition) is 1. The van der Waals surface area contributed by atoms with E-state index in [1.54, 1.807) is 7.11 Å². The van der Waals surface area contributed by atoms with Crippen molar-refractivity contribution in [3.63, 3.8) is 0 Å². The first-order valence-corrected chi connectivity index (χ1v) is 7.39. The number of hydrogen-bond acceptors (Lipinski definition) is 3. The van der Waals surface area contributed by atoms with Crippen LogP contribution in [0.4, 0.5) is 5.69 Å². The summed E-state index contributed by atoms with van der Waals surface area (Å²) < 4.78 is 4.95. The van der Waals surface area contributed by atoms with Crippen LogP contribution >= 0.6 is 0 Å². The van der Waals surface area contributed by atoms with Crippen molar-refractivity contribution in [1.29, 1.82) is 0 Å². The highest BCUT2D eigenvalue weighted by molar-refractivity contribution is 5.81. The summed E-state index contributed by atoms with van der Waals surface area (Å²) in [6, 6.07) is 20.1. The largest absolute Gasteiger partial charge is 0.383 e. The van der Waals surface area contributed by atoms with Gasteiger partial charge in [-0.2, -0.15) is 0 Å². The number of nitrogens with zero attached hydrogens (tertiary/aromatic N) is 1. The molecule has 0 heterocycles. The molecule has 22 heavy (non-hydrogen) atoms. The third-order valence-corrected chi connectivity index (χ3v) is 3.30. The third kappa shape index (κ3) is 5.22. The Morgan fingerprint density at radius 1 is 1.05 bits per heavy atom. The number of methoxy groups -OCH3 is 1. The molecule has 2 aromatic rings. The average Bonchev–Trinajstić information content (AvgIpc) is 2.56. The molecule has 1 amide bonds. The van der Waals surface area contributed by atoms with Gasteiger partial charge in [0.25, 0.3) is 0 Å². The Morgan fingerprint density at radius 3 is 2.32 bits per heavy atom.